The van der Waals surface area contributed by atoms with E-state index in [-0.39, 0.29) is 18.6 Å². The fourth-order valence-corrected chi connectivity index (χ4v) is 2.38. The zero-order valence-corrected chi connectivity index (χ0v) is 13.0. The smallest absolute Gasteiger partial charge is 0.355 e. The molecular weight excluding hydrogens is 264 g/mol. The van der Waals surface area contributed by atoms with Crippen LogP contribution >= 0.6 is 0 Å². The van der Waals surface area contributed by atoms with Gasteiger partial charge in [0.15, 0.2) is 0 Å². The normalized spacial score (nSPS) is 10.9. The van der Waals surface area contributed by atoms with Gasteiger partial charge in [-0.05, 0) is 50.5 Å². The number of nitrogens with zero attached hydrogens (tertiary/aromatic N) is 1. The maximum absolute atomic E-state index is 12.3. The van der Waals surface area contributed by atoms with E-state index >= 15 is 0 Å². The van der Waals surface area contributed by atoms with Crippen LogP contribution in [0.5, 0.6) is 0 Å². The molecule has 4 nitrogen and oxygen atoms in total. The van der Waals surface area contributed by atoms with Gasteiger partial charge < -0.3 is 15.0 Å². The minimum absolute atomic E-state index is 0.157. The summed E-state index contributed by atoms with van der Waals surface area (Å²) in [6.45, 7) is 8.32. The number of aromatic nitrogens is 1. The van der Waals surface area contributed by atoms with E-state index in [2.05, 4.69) is 0 Å². The SMILES string of the molecule is Cc1cccc(C)c1COC(=O)c1cc(N)cn1C(C)C. The first-order chi connectivity index (χ1) is 9.90. The van der Waals surface area contributed by atoms with Crippen LogP contribution in [0.1, 0.15) is 47.1 Å². The third-order valence-electron chi connectivity index (χ3n) is 3.63. The first-order valence-electron chi connectivity index (χ1n) is 7.09. The average molecular weight is 286 g/mol. The van der Waals surface area contributed by atoms with E-state index in [1.165, 1.54) is 0 Å². The standard InChI is InChI=1S/C17H22N2O2/c1-11(2)19-9-14(18)8-16(19)17(20)21-10-15-12(3)6-5-7-13(15)4/h5-9,11H,10,18H2,1-4H3. The maximum atomic E-state index is 12.3. The van der Waals surface area contributed by atoms with Crippen molar-refractivity contribution in [3.8, 4) is 0 Å². The second kappa shape index (κ2) is 6.04. The molecule has 2 aromatic rings. The van der Waals surface area contributed by atoms with Gasteiger partial charge >= 0.3 is 5.97 Å². The van der Waals surface area contributed by atoms with E-state index in [1.54, 1.807) is 12.3 Å². The molecule has 0 saturated heterocycles. The molecule has 0 radical (unpaired) electrons. The van der Waals surface area contributed by atoms with Crippen LogP contribution in [0.3, 0.4) is 0 Å². The van der Waals surface area contributed by atoms with Crippen LogP contribution in [0.15, 0.2) is 30.5 Å². The predicted molar refractivity (Wildman–Crippen MR) is 84.3 cm³/mol. The van der Waals surface area contributed by atoms with Crippen molar-refractivity contribution >= 4 is 11.7 Å². The van der Waals surface area contributed by atoms with E-state index in [4.69, 9.17) is 10.5 Å². The molecule has 1 aromatic heterocycles. The summed E-state index contributed by atoms with van der Waals surface area (Å²) in [6, 6.07) is 7.86. The highest BCUT2D eigenvalue weighted by molar-refractivity contribution is 5.89. The molecule has 0 bridgehead atoms. The Kier molecular flexibility index (Phi) is 4.36. The summed E-state index contributed by atoms with van der Waals surface area (Å²) in [5.41, 5.74) is 10.2. The summed E-state index contributed by atoms with van der Waals surface area (Å²) in [4.78, 5) is 12.3. The van der Waals surface area contributed by atoms with Crippen molar-refractivity contribution in [3.05, 3.63) is 52.8 Å². The Bertz CT molecular complexity index is 637. The van der Waals surface area contributed by atoms with Crippen LogP contribution in [0.25, 0.3) is 0 Å². The molecule has 4 heteroatoms. The highest BCUT2D eigenvalue weighted by Gasteiger charge is 2.17. The molecule has 0 amide bonds. The van der Waals surface area contributed by atoms with Crippen molar-refractivity contribution < 1.29 is 9.53 Å². The Morgan fingerprint density at radius 2 is 1.90 bits per heavy atom. The molecule has 21 heavy (non-hydrogen) atoms. The molecule has 112 valence electrons. The lowest BCUT2D eigenvalue weighted by Gasteiger charge is -2.13. The van der Waals surface area contributed by atoms with Crippen LogP contribution in [0.2, 0.25) is 0 Å². The second-order valence-corrected chi connectivity index (χ2v) is 5.61. The Labute approximate surface area is 125 Å². The number of nitrogens with two attached hydrogens (primary N) is 1. The molecule has 0 aliphatic heterocycles. The Hall–Kier alpha value is -2.23. The molecule has 0 spiro atoms. The predicted octanol–water partition coefficient (Wildman–Crippen LogP) is 3.63. The molecule has 0 saturated carbocycles. The van der Waals surface area contributed by atoms with E-state index < -0.39 is 0 Å². The van der Waals surface area contributed by atoms with E-state index in [0.717, 1.165) is 16.7 Å². The molecule has 0 aliphatic carbocycles. The van der Waals surface area contributed by atoms with Gasteiger partial charge in [-0.2, -0.15) is 0 Å². The number of rotatable bonds is 4. The van der Waals surface area contributed by atoms with Crippen LogP contribution in [-0.4, -0.2) is 10.5 Å². The molecule has 1 heterocycles. The number of hydrogen-bond donors (Lipinski definition) is 1. The lowest BCUT2D eigenvalue weighted by molar-refractivity contribution is 0.0457. The lowest BCUT2D eigenvalue weighted by atomic mass is 10.0. The number of hydrogen-bond acceptors (Lipinski definition) is 3. The monoisotopic (exact) mass is 286 g/mol. The van der Waals surface area contributed by atoms with Gasteiger partial charge in [-0.15, -0.1) is 0 Å². The number of ether oxygens (including phenoxy) is 1. The van der Waals surface area contributed by atoms with Gasteiger partial charge in [0.2, 0.25) is 0 Å². The van der Waals surface area contributed by atoms with Gasteiger partial charge in [-0.1, -0.05) is 18.2 Å². The minimum atomic E-state index is -0.344. The van der Waals surface area contributed by atoms with Gasteiger partial charge in [0, 0.05) is 12.2 Å². The van der Waals surface area contributed by atoms with Gasteiger partial charge in [0.05, 0.1) is 5.69 Å². The number of benzene rings is 1. The highest BCUT2D eigenvalue weighted by Crippen LogP contribution is 2.19. The molecule has 2 N–H and O–H groups in total. The average Bonchev–Trinajstić information content (AvgIpc) is 2.80. The molecule has 2 rings (SSSR count). The van der Waals surface area contributed by atoms with Gasteiger partial charge in [-0.3, -0.25) is 0 Å². The van der Waals surface area contributed by atoms with Crippen molar-refractivity contribution in [3.63, 3.8) is 0 Å². The highest BCUT2D eigenvalue weighted by atomic mass is 16.5. The Morgan fingerprint density at radius 3 is 2.48 bits per heavy atom. The third kappa shape index (κ3) is 3.27. The van der Waals surface area contributed by atoms with Crippen molar-refractivity contribution in [2.24, 2.45) is 0 Å². The van der Waals surface area contributed by atoms with Crippen LogP contribution in [0, 0.1) is 13.8 Å². The summed E-state index contributed by atoms with van der Waals surface area (Å²) in [7, 11) is 0. The maximum Gasteiger partial charge on any atom is 0.355 e. The Morgan fingerprint density at radius 1 is 1.29 bits per heavy atom. The largest absolute Gasteiger partial charge is 0.456 e. The zero-order chi connectivity index (χ0) is 15.6. The molecule has 1 aromatic carbocycles. The fraction of sp³-hybridized carbons (Fsp3) is 0.353. The molecule has 0 unspecified atom stereocenters. The lowest BCUT2D eigenvalue weighted by Crippen LogP contribution is -2.13. The quantitative estimate of drug-likeness (QED) is 0.873. The van der Waals surface area contributed by atoms with E-state index in [9.17, 15) is 4.79 Å². The summed E-state index contributed by atoms with van der Waals surface area (Å²) in [5.74, 6) is -0.344. The van der Waals surface area contributed by atoms with Crippen molar-refractivity contribution in [1.82, 2.24) is 4.57 Å². The molecule has 0 atom stereocenters. The zero-order valence-electron chi connectivity index (χ0n) is 13.0. The minimum Gasteiger partial charge on any atom is -0.456 e. The van der Waals surface area contributed by atoms with Crippen LogP contribution in [0.4, 0.5) is 5.69 Å². The summed E-state index contributed by atoms with van der Waals surface area (Å²) in [6.07, 6.45) is 1.76. The summed E-state index contributed by atoms with van der Waals surface area (Å²) < 4.78 is 7.30. The number of anilines is 1. The first-order valence-corrected chi connectivity index (χ1v) is 7.09. The summed E-state index contributed by atoms with van der Waals surface area (Å²) >= 11 is 0. The van der Waals surface area contributed by atoms with Crippen molar-refractivity contribution in [2.75, 3.05) is 5.73 Å². The number of carbonyl (C=O) groups excluding carboxylic acids is 1. The second-order valence-electron chi connectivity index (χ2n) is 5.61. The Balaban J connectivity index is 2.16. The number of carbonyl (C=O) groups is 1. The molecule has 0 fully saturated rings. The van der Waals surface area contributed by atoms with Gasteiger partial charge in [-0.25, -0.2) is 4.79 Å². The van der Waals surface area contributed by atoms with E-state index in [1.807, 2.05) is 50.5 Å². The van der Waals surface area contributed by atoms with Gasteiger partial charge in [0.1, 0.15) is 12.3 Å². The number of esters is 1. The number of aryl methyl sites for hydroxylation is 2. The fourth-order valence-electron chi connectivity index (χ4n) is 2.38. The molecular formula is C17H22N2O2. The van der Waals surface area contributed by atoms with Crippen LogP contribution < -0.4 is 5.73 Å². The molecule has 0 aliphatic rings. The van der Waals surface area contributed by atoms with Gasteiger partial charge in [0.25, 0.3) is 0 Å². The summed E-state index contributed by atoms with van der Waals surface area (Å²) in [5, 5.41) is 0. The van der Waals surface area contributed by atoms with E-state index in [0.29, 0.717) is 11.4 Å². The first kappa shape index (κ1) is 15.2. The topological polar surface area (TPSA) is 57.2 Å². The van der Waals surface area contributed by atoms with Crippen LogP contribution in [-0.2, 0) is 11.3 Å². The van der Waals surface area contributed by atoms with Crippen molar-refractivity contribution in [2.45, 2.75) is 40.3 Å². The number of nitrogen functional groups attached to an aromatic ring is 1. The van der Waals surface area contributed by atoms with Crippen molar-refractivity contribution in [1.29, 1.82) is 0 Å². The third-order valence-corrected chi connectivity index (χ3v) is 3.63.